The van der Waals surface area contributed by atoms with E-state index in [1.165, 1.54) is 0 Å². The molecule has 0 saturated carbocycles. The highest BCUT2D eigenvalue weighted by Crippen LogP contribution is 2.32. The van der Waals surface area contributed by atoms with Crippen LogP contribution in [0.25, 0.3) is 10.9 Å². The molecule has 0 bridgehead atoms. The first kappa shape index (κ1) is 18.3. The lowest BCUT2D eigenvalue weighted by molar-refractivity contribution is 0.0695. The van der Waals surface area contributed by atoms with Crippen LogP contribution in [0.15, 0.2) is 48.5 Å². The number of aromatic carboxylic acids is 1. The number of nitrogens with zero attached hydrogens (tertiary/aromatic N) is 2. The predicted molar refractivity (Wildman–Crippen MR) is 109 cm³/mol. The second-order valence-corrected chi connectivity index (χ2v) is 7.33. The SMILES string of the molecule is CCCCN1CCc2c(n(Cc3ccccc3)c3ccc(C(=O)O)cc23)C1=O. The highest BCUT2D eigenvalue weighted by molar-refractivity contribution is 6.04. The molecule has 2 aromatic carbocycles. The molecule has 28 heavy (non-hydrogen) atoms. The fraction of sp³-hybridized carbons (Fsp3) is 0.304. The molecule has 1 amide bonds. The summed E-state index contributed by atoms with van der Waals surface area (Å²) in [4.78, 5) is 26.7. The first-order valence-corrected chi connectivity index (χ1v) is 9.81. The van der Waals surface area contributed by atoms with Gasteiger partial charge in [0.2, 0.25) is 0 Å². The quantitative estimate of drug-likeness (QED) is 0.702. The summed E-state index contributed by atoms with van der Waals surface area (Å²) in [6, 6.07) is 15.2. The van der Waals surface area contributed by atoms with Crippen LogP contribution in [-0.4, -0.2) is 39.5 Å². The Morgan fingerprint density at radius 2 is 1.93 bits per heavy atom. The fourth-order valence-corrected chi connectivity index (χ4v) is 4.05. The number of benzene rings is 2. The number of rotatable bonds is 6. The van der Waals surface area contributed by atoms with Gasteiger partial charge in [-0.05, 0) is 42.2 Å². The van der Waals surface area contributed by atoms with Gasteiger partial charge in [-0.25, -0.2) is 4.79 Å². The average molecular weight is 376 g/mol. The van der Waals surface area contributed by atoms with Crippen molar-refractivity contribution in [2.24, 2.45) is 0 Å². The fourth-order valence-electron chi connectivity index (χ4n) is 4.05. The smallest absolute Gasteiger partial charge is 0.335 e. The number of unbranched alkanes of at least 4 members (excludes halogenated alkanes) is 1. The van der Waals surface area contributed by atoms with Crippen molar-refractivity contribution in [2.45, 2.75) is 32.7 Å². The highest BCUT2D eigenvalue weighted by atomic mass is 16.4. The van der Waals surface area contributed by atoms with Crippen molar-refractivity contribution in [2.75, 3.05) is 13.1 Å². The predicted octanol–water partition coefficient (Wildman–Crippen LogP) is 4.19. The number of carbonyl (C=O) groups is 2. The minimum atomic E-state index is -0.946. The lowest BCUT2D eigenvalue weighted by atomic mass is 10.0. The van der Waals surface area contributed by atoms with Gasteiger partial charge in [0.05, 0.1) is 5.56 Å². The Kier molecular flexibility index (Phi) is 4.90. The second kappa shape index (κ2) is 7.50. The van der Waals surface area contributed by atoms with Crippen LogP contribution >= 0.6 is 0 Å². The van der Waals surface area contributed by atoms with Crippen LogP contribution in [-0.2, 0) is 13.0 Å². The van der Waals surface area contributed by atoms with Gasteiger partial charge in [-0.2, -0.15) is 0 Å². The van der Waals surface area contributed by atoms with Crippen LogP contribution in [0.3, 0.4) is 0 Å². The molecule has 1 N–H and O–H groups in total. The van der Waals surface area contributed by atoms with E-state index in [9.17, 15) is 14.7 Å². The lowest BCUT2D eigenvalue weighted by Gasteiger charge is -2.28. The Bertz CT molecular complexity index is 1040. The molecule has 0 spiro atoms. The van der Waals surface area contributed by atoms with Gasteiger partial charge < -0.3 is 14.6 Å². The van der Waals surface area contributed by atoms with Crippen molar-refractivity contribution >= 4 is 22.8 Å². The van der Waals surface area contributed by atoms with Gasteiger partial charge in [0.25, 0.3) is 5.91 Å². The van der Waals surface area contributed by atoms with Crippen molar-refractivity contribution < 1.29 is 14.7 Å². The van der Waals surface area contributed by atoms with Crippen LogP contribution in [0.4, 0.5) is 0 Å². The molecule has 0 fully saturated rings. The Labute approximate surface area is 164 Å². The van der Waals surface area contributed by atoms with Crippen molar-refractivity contribution in [1.82, 2.24) is 9.47 Å². The minimum absolute atomic E-state index is 0.0544. The number of aromatic nitrogens is 1. The third-order valence-corrected chi connectivity index (χ3v) is 5.50. The summed E-state index contributed by atoms with van der Waals surface area (Å²) in [6.45, 7) is 4.17. The third-order valence-electron chi connectivity index (χ3n) is 5.50. The van der Waals surface area contributed by atoms with Crippen molar-refractivity contribution in [3.05, 3.63) is 70.9 Å². The summed E-state index contributed by atoms with van der Waals surface area (Å²) in [5.41, 5.74) is 3.98. The van der Waals surface area contributed by atoms with Gasteiger partial charge in [-0.15, -0.1) is 0 Å². The number of carboxylic acid groups (broad SMARTS) is 1. The largest absolute Gasteiger partial charge is 0.478 e. The molecule has 0 radical (unpaired) electrons. The highest BCUT2D eigenvalue weighted by Gasteiger charge is 2.31. The van der Waals surface area contributed by atoms with E-state index in [0.29, 0.717) is 18.8 Å². The summed E-state index contributed by atoms with van der Waals surface area (Å²) in [6.07, 6.45) is 2.79. The molecule has 1 aliphatic rings. The molecule has 1 aromatic heterocycles. The summed E-state index contributed by atoms with van der Waals surface area (Å²) >= 11 is 0. The van der Waals surface area contributed by atoms with Crippen LogP contribution in [0.5, 0.6) is 0 Å². The zero-order valence-electron chi connectivity index (χ0n) is 16.0. The maximum Gasteiger partial charge on any atom is 0.335 e. The Morgan fingerprint density at radius 3 is 2.64 bits per heavy atom. The zero-order valence-corrected chi connectivity index (χ0v) is 16.0. The first-order valence-electron chi connectivity index (χ1n) is 9.81. The zero-order chi connectivity index (χ0) is 19.7. The second-order valence-electron chi connectivity index (χ2n) is 7.33. The van der Waals surface area contributed by atoms with Crippen molar-refractivity contribution in [3.8, 4) is 0 Å². The molecule has 0 unspecified atom stereocenters. The lowest BCUT2D eigenvalue weighted by Crippen LogP contribution is -2.39. The number of carboxylic acids is 1. The van der Waals surface area contributed by atoms with E-state index in [4.69, 9.17) is 0 Å². The molecule has 2 heterocycles. The standard InChI is InChI=1S/C23H24N2O3/c1-2-3-12-24-13-11-18-19-14-17(23(27)28)9-10-20(19)25(21(18)22(24)26)15-16-7-5-4-6-8-16/h4-10,14H,2-3,11-13,15H2,1H3,(H,27,28). The van der Waals surface area contributed by atoms with E-state index < -0.39 is 5.97 Å². The molecule has 144 valence electrons. The average Bonchev–Trinajstić information content (AvgIpc) is 3.02. The van der Waals surface area contributed by atoms with Crippen LogP contribution in [0.1, 0.15) is 51.7 Å². The monoisotopic (exact) mass is 376 g/mol. The van der Waals surface area contributed by atoms with E-state index in [0.717, 1.165) is 47.8 Å². The molecule has 3 aromatic rings. The van der Waals surface area contributed by atoms with Gasteiger partial charge in [-0.3, -0.25) is 4.79 Å². The van der Waals surface area contributed by atoms with Gasteiger partial charge in [-0.1, -0.05) is 43.7 Å². The third kappa shape index (κ3) is 3.17. The minimum Gasteiger partial charge on any atom is -0.478 e. The van der Waals surface area contributed by atoms with Gasteiger partial charge >= 0.3 is 5.97 Å². The summed E-state index contributed by atoms with van der Waals surface area (Å²) in [7, 11) is 0. The topological polar surface area (TPSA) is 62.5 Å². The Morgan fingerprint density at radius 1 is 1.14 bits per heavy atom. The number of fused-ring (bicyclic) bond motifs is 3. The Balaban J connectivity index is 1.87. The molecule has 0 atom stereocenters. The maximum absolute atomic E-state index is 13.3. The Hall–Kier alpha value is -3.08. The summed E-state index contributed by atoms with van der Waals surface area (Å²) in [5, 5.41) is 10.3. The first-order chi connectivity index (χ1) is 13.6. The van der Waals surface area contributed by atoms with E-state index in [-0.39, 0.29) is 11.5 Å². The maximum atomic E-state index is 13.3. The van der Waals surface area contributed by atoms with E-state index >= 15 is 0 Å². The normalized spacial score (nSPS) is 13.8. The van der Waals surface area contributed by atoms with Crippen molar-refractivity contribution in [1.29, 1.82) is 0 Å². The van der Waals surface area contributed by atoms with E-state index in [2.05, 4.69) is 11.5 Å². The van der Waals surface area contributed by atoms with Gasteiger partial charge in [0, 0.05) is 30.5 Å². The molecule has 4 rings (SSSR count). The molecule has 5 nitrogen and oxygen atoms in total. The molecule has 1 aliphatic heterocycles. The summed E-state index contributed by atoms with van der Waals surface area (Å²) < 4.78 is 2.06. The van der Waals surface area contributed by atoms with Gasteiger partial charge in [0.1, 0.15) is 5.69 Å². The van der Waals surface area contributed by atoms with Crippen LogP contribution in [0.2, 0.25) is 0 Å². The van der Waals surface area contributed by atoms with E-state index in [1.807, 2.05) is 41.3 Å². The van der Waals surface area contributed by atoms with Crippen molar-refractivity contribution in [3.63, 3.8) is 0 Å². The van der Waals surface area contributed by atoms with Crippen LogP contribution in [0, 0.1) is 0 Å². The van der Waals surface area contributed by atoms with Crippen LogP contribution < -0.4 is 0 Å². The molecular formula is C23H24N2O3. The number of hydrogen-bond acceptors (Lipinski definition) is 2. The van der Waals surface area contributed by atoms with E-state index in [1.54, 1.807) is 12.1 Å². The molecule has 0 saturated heterocycles. The van der Waals surface area contributed by atoms with Gasteiger partial charge in [0.15, 0.2) is 0 Å². The molecule has 0 aliphatic carbocycles. The summed E-state index contributed by atoms with van der Waals surface area (Å²) in [5.74, 6) is -0.892. The molecule has 5 heteroatoms. The number of carbonyl (C=O) groups excluding carboxylic acids is 1. The number of hydrogen-bond donors (Lipinski definition) is 1. The molecular weight excluding hydrogens is 352 g/mol. The number of amides is 1.